The van der Waals surface area contributed by atoms with Gasteiger partial charge in [0.25, 0.3) is 5.88 Å². The minimum Gasteiger partial charge on any atom is -0.470 e. The molecule has 0 aliphatic carbocycles. The smallest absolute Gasteiger partial charge is 0.305 e. The van der Waals surface area contributed by atoms with Crippen molar-refractivity contribution in [3.63, 3.8) is 0 Å². The van der Waals surface area contributed by atoms with Gasteiger partial charge in [-0.3, -0.25) is 9.69 Å². The number of aromatic nitrogens is 3. The van der Waals surface area contributed by atoms with Crippen LogP contribution in [0.5, 0.6) is 5.88 Å². The van der Waals surface area contributed by atoms with Crippen molar-refractivity contribution in [2.45, 2.75) is 19.4 Å². The molecule has 1 aliphatic heterocycles. The second-order valence-corrected chi connectivity index (χ2v) is 8.38. The number of rotatable bonds is 9. The van der Waals surface area contributed by atoms with E-state index in [9.17, 15) is 4.79 Å². The molecule has 0 saturated carbocycles. The number of ether oxygens (including phenoxy) is 2. The van der Waals surface area contributed by atoms with Gasteiger partial charge in [-0.25, -0.2) is 15.0 Å². The zero-order valence-electron chi connectivity index (χ0n) is 19.9. The molecule has 0 atom stereocenters. The first-order valence-corrected chi connectivity index (χ1v) is 11.6. The van der Waals surface area contributed by atoms with E-state index >= 15 is 0 Å². The molecule has 4 N–H and O–H groups in total. The minimum absolute atomic E-state index is 0.146. The first-order valence-electron chi connectivity index (χ1n) is 11.6. The van der Waals surface area contributed by atoms with Crippen LogP contribution in [0.4, 0.5) is 17.3 Å². The molecule has 3 aromatic rings. The fourth-order valence-corrected chi connectivity index (χ4v) is 3.98. The van der Waals surface area contributed by atoms with Crippen LogP contribution in [0.15, 0.2) is 48.8 Å². The summed E-state index contributed by atoms with van der Waals surface area (Å²) in [5.41, 5.74) is 15.4. The Balaban J connectivity index is 1.33. The van der Waals surface area contributed by atoms with Gasteiger partial charge in [0.15, 0.2) is 5.82 Å². The fourth-order valence-electron chi connectivity index (χ4n) is 3.98. The SMILES string of the molecule is COC(=O)CCCN1CCN(c2ccc(-c3cnc(N)c(OCc4ccnc(N)c4)n3)cc2)CC1. The summed E-state index contributed by atoms with van der Waals surface area (Å²) in [6.07, 6.45) is 4.57. The number of nitrogens with zero attached hydrogens (tertiary/aromatic N) is 5. The van der Waals surface area contributed by atoms with Crippen LogP contribution in [-0.4, -0.2) is 65.7 Å². The number of hydrogen-bond acceptors (Lipinski definition) is 10. The summed E-state index contributed by atoms with van der Waals surface area (Å²) in [6.45, 7) is 5.00. The molecule has 0 spiro atoms. The van der Waals surface area contributed by atoms with Gasteiger partial charge in [0.2, 0.25) is 0 Å². The Morgan fingerprint density at radius 1 is 1.06 bits per heavy atom. The standard InChI is InChI=1S/C25H31N7O3/c1-34-23(33)3-2-10-31-11-13-32(14-12-31)20-6-4-19(5-7-20)21-16-29-24(27)25(30-21)35-17-18-8-9-28-22(26)15-18/h4-9,15-16H,2-3,10-14,17H2,1H3,(H2,26,28)(H2,27,29). The molecule has 0 radical (unpaired) electrons. The van der Waals surface area contributed by atoms with Gasteiger partial charge in [0.05, 0.1) is 19.0 Å². The second kappa shape index (κ2) is 11.5. The van der Waals surface area contributed by atoms with Gasteiger partial charge in [0.1, 0.15) is 12.4 Å². The number of pyridine rings is 1. The van der Waals surface area contributed by atoms with Crippen LogP contribution in [0.1, 0.15) is 18.4 Å². The van der Waals surface area contributed by atoms with E-state index in [0.29, 0.717) is 17.9 Å². The summed E-state index contributed by atoms with van der Waals surface area (Å²) in [5.74, 6) is 0.799. The second-order valence-electron chi connectivity index (χ2n) is 8.38. The van der Waals surface area contributed by atoms with Crippen molar-refractivity contribution in [3.05, 3.63) is 54.4 Å². The normalized spacial score (nSPS) is 14.0. The molecule has 1 aromatic carbocycles. The lowest BCUT2D eigenvalue weighted by atomic mass is 10.1. The maximum absolute atomic E-state index is 11.3. The van der Waals surface area contributed by atoms with E-state index in [1.165, 1.54) is 7.11 Å². The zero-order chi connectivity index (χ0) is 24.6. The molecular weight excluding hydrogens is 446 g/mol. The number of nitrogen functional groups attached to an aromatic ring is 2. The van der Waals surface area contributed by atoms with Gasteiger partial charge in [0, 0.05) is 50.0 Å². The summed E-state index contributed by atoms with van der Waals surface area (Å²) >= 11 is 0. The lowest BCUT2D eigenvalue weighted by Gasteiger charge is -2.36. The highest BCUT2D eigenvalue weighted by atomic mass is 16.5. The average Bonchev–Trinajstić information content (AvgIpc) is 2.89. The van der Waals surface area contributed by atoms with Crippen LogP contribution in [-0.2, 0) is 16.1 Å². The average molecular weight is 478 g/mol. The summed E-state index contributed by atoms with van der Waals surface area (Å²) in [7, 11) is 1.43. The highest BCUT2D eigenvalue weighted by molar-refractivity contribution is 5.69. The Kier molecular flexibility index (Phi) is 7.94. The Hall–Kier alpha value is -3.92. The van der Waals surface area contributed by atoms with Crippen LogP contribution in [0, 0.1) is 0 Å². The van der Waals surface area contributed by atoms with Gasteiger partial charge in [-0.1, -0.05) is 12.1 Å². The highest BCUT2D eigenvalue weighted by Gasteiger charge is 2.17. The molecule has 0 bridgehead atoms. The lowest BCUT2D eigenvalue weighted by molar-refractivity contribution is -0.140. The summed E-state index contributed by atoms with van der Waals surface area (Å²) in [4.78, 5) is 28.8. The number of esters is 1. The van der Waals surface area contributed by atoms with Crippen molar-refractivity contribution in [2.24, 2.45) is 0 Å². The number of hydrogen-bond donors (Lipinski definition) is 2. The quantitative estimate of drug-likeness (QED) is 0.443. The number of piperazine rings is 1. The Morgan fingerprint density at radius 2 is 1.83 bits per heavy atom. The monoisotopic (exact) mass is 477 g/mol. The number of nitrogens with two attached hydrogens (primary N) is 2. The van der Waals surface area contributed by atoms with Gasteiger partial charge < -0.3 is 25.8 Å². The Labute approximate surface area is 204 Å². The first kappa shape index (κ1) is 24.2. The maximum Gasteiger partial charge on any atom is 0.305 e. The van der Waals surface area contributed by atoms with E-state index in [1.54, 1.807) is 18.5 Å². The van der Waals surface area contributed by atoms with Crippen LogP contribution in [0.2, 0.25) is 0 Å². The van der Waals surface area contributed by atoms with Crippen molar-refractivity contribution in [3.8, 4) is 17.1 Å². The predicted octanol–water partition coefficient (Wildman–Crippen LogP) is 2.36. The molecule has 1 aliphatic rings. The first-order chi connectivity index (χ1) is 17.0. The zero-order valence-corrected chi connectivity index (χ0v) is 19.9. The number of carbonyl (C=O) groups excluding carboxylic acids is 1. The molecule has 184 valence electrons. The predicted molar refractivity (Wildman–Crippen MR) is 135 cm³/mol. The van der Waals surface area contributed by atoms with Crippen LogP contribution >= 0.6 is 0 Å². The van der Waals surface area contributed by atoms with E-state index in [-0.39, 0.29) is 24.3 Å². The molecule has 35 heavy (non-hydrogen) atoms. The fraction of sp³-hybridized carbons (Fsp3) is 0.360. The van der Waals surface area contributed by atoms with Crippen LogP contribution < -0.4 is 21.1 Å². The third kappa shape index (κ3) is 6.57. The van der Waals surface area contributed by atoms with Crippen LogP contribution in [0.25, 0.3) is 11.3 Å². The molecule has 3 heterocycles. The van der Waals surface area contributed by atoms with Gasteiger partial charge >= 0.3 is 5.97 Å². The molecule has 1 saturated heterocycles. The van der Waals surface area contributed by atoms with Crippen molar-refractivity contribution >= 4 is 23.3 Å². The largest absolute Gasteiger partial charge is 0.470 e. The number of benzene rings is 1. The number of anilines is 3. The Morgan fingerprint density at radius 3 is 2.54 bits per heavy atom. The van der Waals surface area contributed by atoms with Gasteiger partial charge in [-0.05, 0) is 42.8 Å². The van der Waals surface area contributed by atoms with Crippen molar-refractivity contribution in [1.82, 2.24) is 19.9 Å². The van der Waals surface area contributed by atoms with E-state index in [2.05, 4.69) is 36.9 Å². The molecule has 10 heteroatoms. The third-order valence-corrected chi connectivity index (χ3v) is 5.97. The minimum atomic E-state index is -0.146. The number of methoxy groups -OCH3 is 1. The summed E-state index contributed by atoms with van der Waals surface area (Å²) in [6, 6.07) is 11.8. The van der Waals surface area contributed by atoms with E-state index in [4.69, 9.17) is 20.9 Å². The molecule has 2 aromatic heterocycles. The van der Waals surface area contributed by atoms with Crippen LogP contribution in [0.3, 0.4) is 0 Å². The third-order valence-electron chi connectivity index (χ3n) is 5.97. The molecule has 10 nitrogen and oxygen atoms in total. The lowest BCUT2D eigenvalue weighted by Crippen LogP contribution is -2.46. The van der Waals surface area contributed by atoms with Crippen molar-refractivity contribution < 1.29 is 14.3 Å². The molecule has 1 fully saturated rings. The molecule has 0 unspecified atom stereocenters. The summed E-state index contributed by atoms with van der Waals surface area (Å²) < 4.78 is 10.5. The topological polar surface area (TPSA) is 133 Å². The molecule has 4 rings (SSSR count). The van der Waals surface area contributed by atoms with E-state index in [1.807, 2.05) is 18.2 Å². The van der Waals surface area contributed by atoms with Gasteiger partial charge in [-0.2, -0.15) is 0 Å². The number of carbonyl (C=O) groups is 1. The van der Waals surface area contributed by atoms with E-state index < -0.39 is 0 Å². The van der Waals surface area contributed by atoms with Gasteiger partial charge in [-0.15, -0.1) is 0 Å². The summed E-state index contributed by atoms with van der Waals surface area (Å²) in [5, 5.41) is 0. The van der Waals surface area contributed by atoms with E-state index in [0.717, 1.165) is 56.0 Å². The Bertz CT molecular complexity index is 1130. The molecular formula is C25H31N7O3. The van der Waals surface area contributed by atoms with Crippen molar-refractivity contribution in [1.29, 1.82) is 0 Å². The molecule has 0 amide bonds. The highest BCUT2D eigenvalue weighted by Crippen LogP contribution is 2.26. The van der Waals surface area contributed by atoms with Crippen molar-refractivity contribution in [2.75, 3.05) is 56.2 Å². The maximum atomic E-state index is 11.3.